The smallest absolute Gasteiger partial charge is 0.241 e. The number of carbonyl (C=O) groups excluding carboxylic acids is 1. The van der Waals surface area contributed by atoms with E-state index in [9.17, 15) is 4.79 Å². The summed E-state index contributed by atoms with van der Waals surface area (Å²) in [5.74, 6) is -0.285. The highest BCUT2D eigenvalue weighted by Crippen LogP contribution is 2.45. The number of aryl methyl sites for hydroxylation is 1. The third kappa shape index (κ3) is 2.19. The SMILES string of the molecule is Cc1c([C@@H]2C=C3c4ccccc4CCN3[C@H]2C(N)=O)c2ccccc2n1C. The largest absolute Gasteiger partial charge is 0.368 e. The van der Waals surface area contributed by atoms with Gasteiger partial charge in [-0.3, -0.25) is 4.79 Å². The molecule has 0 spiro atoms. The number of para-hydroxylation sites is 1. The Bertz CT molecular complexity index is 1110. The van der Waals surface area contributed by atoms with E-state index < -0.39 is 0 Å². The number of nitrogens with two attached hydrogens (primary N) is 1. The van der Waals surface area contributed by atoms with Gasteiger partial charge in [-0.15, -0.1) is 0 Å². The van der Waals surface area contributed by atoms with Crippen LogP contribution in [0.1, 0.15) is 28.3 Å². The van der Waals surface area contributed by atoms with E-state index in [1.54, 1.807) is 0 Å². The average Bonchev–Trinajstić information content (AvgIpc) is 3.18. The van der Waals surface area contributed by atoms with Crippen molar-refractivity contribution in [3.05, 3.63) is 77.0 Å². The summed E-state index contributed by atoms with van der Waals surface area (Å²) >= 11 is 0. The quantitative estimate of drug-likeness (QED) is 0.765. The second kappa shape index (κ2) is 5.74. The van der Waals surface area contributed by atoms with E-state index in [1.165, 1.54) is 33.3 Å². The summed E-state index contributed by atoms with van der Waals surface area (Å²) in [4.78, 5) is 14.8. The minimum atomic E-state index is -0.335. The first-order valence-corrected chi connectivity index (χ1v) is 9.48. The Morgan fingerprint density at radius 2 is 1.85 bits per heavy atom. The van der Waals surface area contributed by atoms with Crippen LogP contribution in [0.3, 0.4) is 0 Å². The van der Waals surface area contributed by atoms with Crippen molar-refractivity contribution in [3.63, 3.8) is 0 Å². The van der Waals surface area contributed by atoms with Gasteiger partial charge in [-0.05, 0) is 30.5 Å². The van der Waals surface area contributed by atoms with Crippen molar-refractivity contribution >= 4 is 22.5 Å². The van der Waals surface area contributed by atoms with Crippen LogP contribution in [-0.2, 0) is 18.3 Å². The van der Waals surface area contributed by atoms with Gasteiger partial charge in [-0.2, -0.15) is 0 Å². The fraction of sp³-hybridized carbons (Fsp3) is 0.261. The Morgan fingerprint density at radius 1 is 1.11 bits per heavy atom. The summed E-state index contributed by atoms with van der Waals surface area (Å²) in [5.41, 5.74) is 13.3. The molecule has 0 saturated carbocycles. The third-order valence-electron chi connectivity index (χ3n) is 6.31. The maximum atomic E-state index is 12.5. The van der Waals surface area contributed by atoms with Gasteiger partial charge in [0, 0.05) is 47.4 Å². The van der Waals surface area contributed by atoms with Crippen molar-refractivity contribution in [2.75, 3.05) is 6.54 Å². The zero-order valence-corrected chi connectivity index (χ0v) is 15.6. The van der Waals surface area contributed by atoms with Gasteiger partial charge in [0.25, 0.3) is 0 Å². The highest BCUT2D eigenvalue weighted by Gasteiger charge is 2.42. The van der Waals surface area contributed by atoms with Gasteiger partial charge < -0.3 is 15.2 Å². The highest BCUT2D eigenvalue weighted by atomic mass is 16.1. The lowest BCUT2D eigenvalue weighted by atomic mass is 9.90. The van der Waals surface area contributed by atoms with Crippen molar-refractivity contribution in [1.29, 1.82) is 0 Å². The Hall–Kier alpha value is -3.01. The average molecular weight is 357 g/mol. The predicted octanol–water partition coefficient (Wildman–Crippen LogP) is 3.34. The number of primary amides is 1. The second-order valence-corrected chi connectivity index (χ2v) is 7.60. The predicted molar refractivity (Wildman–Crippen MR) is 108 cm³/mol. The number of hydrogen-bond donors (Lipinski definition) is 1. The third-order valence-corrected chi connectivity index (χ3v) is 6.31. The van der Waals surface area contributed by atoms with Gasteiger partial charge in [0.1, 0.15) is 6.04 Å². The lowest BCUT2D eigenvalue weighted by molar-refractivity contribution is -0.122. The molecule has 1 amide bonds. The number of amides is 1. The molecule has 2 atom stereocenters. The summed E-state index contributed by atoms with van der Waals surface area (Å²) < 4.78 is 2.21. The topological polar surface area (TPSA) is 51.3 Å². The molecule has 27 heavy (non-hydrogen) atoms. The summed E-state index contributed by atoms with van der Waals surface area (Å²) in [6, 6.07) is 16.6. The first-order valence-electron chi connectivity index (χ1n) is 9.48. The normalized spacial score (nSPS) is 21.1. The van der Waals surface area contributed by atoms with E-state index in [2.05, 4.69) is 78.0 Å². The molecular weight excluding hydrogens is 334 g/mol. The van der Waals surface area contributed by atoms with Crippen LogP contribution in [-0.4, -0.2) is 28.0 Å². The Morgan fingerprint density at radius 3 is 2.67 bits per heavy atom. The van der Waals surface area contributed by atoms with E-state index in [0.717, 1.165) is 18.7 Å². The summed E-state index contributed by atoms with van der Waals surface area (Å²) in [6.07, 6.45) is 3.21. The first kappa shape index (κ1) is 16.2. The molecule has 4 heteroatoms. The molecule has 5 rings (SSSR count). The number of rotatable bonds is 2. The fourth-order valence-electron chi connectivity index (χ4n) is 4.98. The maximum absolute atomic E-state index is 12.5. The van der Waals surface area contributed by atoms with Gasteiger partial charge in [-0.1, -0.05) is 48.5 Å². The van der Waals surface area contributed by atoms with Crippen LogP contribution in [0.4, 0.5) is 0 Å². The van der Waals surface area contributed by atoms with Gasteiger partial charge in [0.15, 0.2) is 0 Å². The van der Waals surface area contributed by atoms with Crippen molar-refractivity contribution < 1.29 is 4.79 Å². The zero-order chi connectivity index (χ0) is 18.7. The molecule has 0 fully saturated rings. The molecule has 3 aromatic rings. The second-order valence-electron chi connectivity index (χ2n) is 7.60. The van der Waals surface area contributed by atoms with E-state index in [0.29, 0.717) is 0 Å². The van der Waals surface area contributed by atoms with Gasteiger partial charge in [0.2, 0.25) is 5.91 Å². The van der Waals surface area contributed by atoms with E-state index in [4.69, 9.17) is 5.73 Å². The lowest BCUT2D eigenvalue weighted by Gasteiger charge is -2.34. The van der Waals surface area contributed by atoms with Crippen LogP contribution in [0.2, 0.25) is 0 Å². The number of carbonyl (C=O) groups is 1. The summed E-state index contributed by atoms with van der Waals surface area (Å²) in [7, 11) is 2.09. The standard InChI is InChI=1S/C23H23N3O/c1-14-21(17-9-5-6-10-19(17)25(14)2)18-13-20-16-8-4-3-7-15(16)11-12-26(20)22(18)23(24)27/h3-10,13,18,22H,11-12H2,1-2H3,(H2,24,27)/t18-,22+/m0/s1. The number of aromatic nitrogens is 1. The molecule has 2 aliphatic rings. The van der Waals surface area contributed by atoms with Gasteiger partial charge in [0.05, 0.1) is 0 Å². The molecular formula is C23H23N3O. The molecule has 2 N–H and O–H groups in total. The molecule has 2 aromatic carbocycles. The highest BCUT2D eigenvalue weighted by molar-refractivity contribution is 5.92. The van der Waals surface area contributed by atoms with E-state index in [-0.39, 0.29) is 17.9 Å². The van der Waals surface area contributed by atoms with Crippen LogP contribution in [0, 0.1) is 6.92 Å². The molecule has 1 aromatic heterocycles. The number of fused-ring (bicyclic) bond motifs is 4. The minimum absolute atomic E-state index is 0.0326. The van der Waals surface area contributed by atoms with Crippen molar-refractivity contribution in [2.45, 2.75) is 25.3 Å². The van der Waals surface area contributed by atoms with E-state index >= 15 is 0 Å². The van der Waals surface area contributed by atoms with Crippen molar-refractivity contribution in [3.8, 4) is 0 Å². The fourth-order valence-corrected chi connectivity index (χ4v) is 4.98. The molecule has 4 nitrogen and oxygen atoms in total. The Labute approximate surface area is 158 Å². The van der Waals surface area contributed by atoms with Crippen LogP contribution in [0.25, 0.3) is 16.6 Å². The van der Waals surface area contributed by atoms with Gasteiger partial charge >= 0.3 is 0 Å². The van der Waals surface area contributed by atoms with Crippen molar-refractivity contribution in [2.24, 2.45) is 12.8 Å². The molecule has 0 saturated heterocycles. The number of hydrogen-bond acceptors (Lipinski definition) is 2. The summed E-state index contributed by atoms with van der Waals surface area (Å²) in [6.45, 7) is 2.97. The zero-order valence-electron chi connectivity index (χ0n) is 15.6. The molecule has 0 radical (unpaired) electrons. The minimum Gasteiger partial charge on any atom is -0.368 e. The maximum Gasteiger partial charge on any atom is 0.241 e. The van der Waals surface area contributed by atoms with Crippen LogP contribution < -0.4 is 5.73 Å². The first-order chi connectivity index (χ1) is 13.1. The van der Waals surface area contributed by atoms with Crippen LogP contribution >= 0.6 is 0 Å². The molecule has 0 unspecified atom stereocenters. The van der Waals surface area contributed by atoms with E-state index in [1.807, 2.05) is 0 Å². The number of nitrogens with zero attached hydrogens (tertiary/aromatic N) is 2. The molecule has 0 bridgehead atoms. The molecule has 3 heterocycles. The molecule has 0 aliphatic carbocycles. The summed E-state index contributed by atoms with van der Waals surface area (Å²) in [5, 5.41) is 1.21. The Balaban J connectivity index is 1.74. The number of benzene rings is 2. The Kier molecular flexibility index (Phi) is 3.44. The van der Waals surface area contributed by atoms with Crippen LogP contribution in [0.5, 0.6) is 0 Å². The molecule has 136 valence electrons. The van der Waals surface area contributed by atoms with Crippen molar-refractivity contribution in [1.82, 2.24) is 9.47 Å². The monoisotopic (exact) mass is 357 g/mol. The van der Waals surface area contributed by atoms with Crippen LogP contribution in [0.15, 0.2) is 54.6 Å². The molecule has 2 aliphatic heterocycles. The van der Waals surface area contributed by atoms with Gasteiger partial charge in [-0.25, -0.2) is 0 Å². The lowest BCUT2D eigenvalue weighted by Crippen LogP contribution is -2.45.